The molecule has 0 radical (unpaired) electrons. The van der Waals surface area contributed by atoms with Crippen molar-refractivity contribution in [2.45, 2.75) is 24.8 Å². The highest BCUT2D eigenvalue weighted by Gasteiger charge is 2.39. The Morgan fingerprint density at radius 1 is 1.35 bits per heavy atom. The van der Waals surface area contributed by atoms with Gasteiger partial charge in [-0.15, -0.1) is 0 Å². The molecule has 3 rings (SSSR count). The first-order chi connectivity index (χ1) is 8.17. The normalized spacial score (nSPS) is 17.8. The van der Waals surface area contributed by atoms with Gasteiger partial charge in [0.1, 0.15) is 0 Å². The zero-order chi connectivity index (χ0) is 11.9. The quantitative estimate of drug-likeness (QED) is 0.889. The molecule has 0 unspecified atom stereocenters. The van der Waals surface area contributed by atoms with Crippen LogP contribution in [0.2, 0.25) is 5.02 Å². The topological polar surface area (TPSA) is 64.9 Å². The number of nitrogens with two attached hydrogens (primary N) is 1. The van der Waals surface area contributed by atoms with Crippen molar-refractivity contribution >= 4 is 11.6 Å². The molecule has 1 aliphatic carbocycles. The van der Waals surface area contributed by atoms with E-state index in [0.717, 1.165) is 24.8 Å². The van der Waals surface area contributed by atoms with Gasteiger partial charge in [0.15, 0.2) is 5.82 Å². The Balaban J connectivity index is 1.95. The van der Waals surface area contributed by atoms with Crippen molar-refractivity contribution in [1.82, 2.24) is 10.1 Å². The van der Waals surface area contributed by atoms with Crippen molar-refractivity contribution < 1.29 is 4.52 Å². The lowest BCUT2D eigenvalue weighted by molar-refractivity contribution is 0.229. The summed E-state index contributed by atoms with van der Waals surface area (Å²) in [5, 5.41) is 4.61. The zero-order valence-corrected chi connectivity index (χ0v) is 9.94. The van der Waals surface area contributed by atoms with E-state index in [1.165, 1.54) is 0 Å². The van der Waals surface area contributed by atoms with E-state index in [9.17, 15) is 0 Å². The van der Waals surface area contributed by atoms with Crippen molar-refractivity contribution in [1.29, 1.82) is 0 Å². The van der Waals surface area contributed by atoms with Crippen LogP contribution in [0.4, 0.5) is 0 Å². The van der Waals surface area contributed by atoms with Gasteiger partial charge in [-0.3, -0.25) is 0 Å². The average Bonchev–Trinajstić information content (AvgIpc) is 2.75. The second-order valence-corrected chi connectivity index (χ2v) is 4.88. The molecule has 0 saturated heterocycles. The summed E-state index contributed by atoms with van der Waals surface area (Å²) in [7, 11) is 0. The monoisotopic (exact) mass is 249 g/mol. The molecule has 0 aliphatic heterocycles. The molecule has 0 bridgehead atoms. The van der Waals surface area contributed by atoms with E-state index in [2.05, 4.69) is 10.1 Å². The van der Waals surface area contributed by atoms with E-state index in [-0.39, 0.29) is 5.54 Å². The molecule has 17 heavy (non-hydrogen) atoms. The Kier molecular flexibility index (Phi) is 2.42. The number of nitrogens with zero attached hydrogens (tertiary/aromatic N) is 2. The van der Waals surface area contributed by atoms with E-state index in [4.69, 9.17) is 21.9 Å². The minimum absolute atomic E-state index is 0.389. The molecule has 4 nitrogen and oxygen atoms in total. The summed E-state index contributed by atoms with van der Waals surface area (Å²) in [6.45, 7) is 0. The highest BCUT2D eigenvalue weighted by molar-refractivity contribution is 6.30. The molecule has 5 heteroatoms. The lowest BCUT2D eigenvalue weighted by Gasteiger charge is -2.34. The number of benzene rings is 1. The lowest BCUT2D eigenvalue weighted by atomic mass is 9.77. The Bertz CT molecular complexity index is 548. The van der Waals surface area contributed by atoms with Crippen LogP contribution in [-0.4, -0.2) is 10.1 Å². The molecule has 1 aromatic heterocycles. The fourth-order valence-electron chi connectivity index (χ4n) is 1.95. The van der Waals surface area contributed by atoms with Gasteiger partial charge in [-0.05, 0) is 37.5 Å². The van der Waals surface area contributed by atoms with Crippen LogP contribution in [0.1, 0.15) is 25.1 Å². The van der Waals surface area contributed by atoms with Gasteiger partial charge in [-0.1, -0.05) is 22.8 Å². The maximum absolute atomic E-state index is 6.13. The molecule has 0 amide bonds. The van der Waals surface area contributed by atoms with E-state index >= 15 is 0 Å². The van der Waals surface area contributed by atoms with Gasteiger partial charge >= 0.3 is 0 Å². The summed E-state index contributed by atoms with van der Waals surface area (Å²) >= 11 is 5.92. The van der Waals surface area contributed by atoms with E-state index < -0.39 is 0 Å². The highest BCUT2D eigenvalue weighted by Crippen LogP contribution is 2.37. The van der Waals surface area contributed by atoms with E-state index in [0.29, 0.717) is 16.7 Å². The van der Waals surface area contributed by atoms with E-state index in [1.54, 1.807) is 12.1 Å². The van der Waals surface area contributed by atoms with Gasteiger partial charge in [0.25, 0.3) is 5.89 Å². The molecule has 2 N–H and O–H groups in total. The molecule has 88 valence electrons. The van der Waals surface area contributed by atoms with Crippen LogP contribution < -0.4 is 5.73 Å². The molecular weight excluding hydrogens is 238 g/mol. The van der Waals surface area contributed by atoms with Crippen molar-refractivity contribution in [2.75, 3.05) is 0 Å². The standard InChI is InChI=1S/C12H12ClN3O/c13-9-4-1-3-8(7-9)10-15-11(16-17-10)12(14)5-2-6-12/h1,3-4,7H,2,5-6,14H2. The molecule has 1 aromatic carbocycles. The van der Waals surface area contributed by atoms with Crippen LogP contribution in [0.25, 0.3) is 11.5 Å². The molecule has 1 fully saturated rings. The summed E-state index contributed by atoms with van der Waals surface area (Å²) in [6, 6.07) is 7.33. The predicted octanol–water partition coefficient (Wildman–Crippen LogP) is 2.73. The number of hydrogen-bond donors (Lipinski definition) is 1. The molecule has 1 saturated carbocycles. The van der Waals surface area contributed by atoms with Crippen LogP contribution in [0.15, 0.2) is 28.8 Å². The summed E-state index contributed by atoms with van der Waals surface area (Å²) in [5.74, 6) is 1.07. The summed E-state index contributed by atoms with van der Waals surface area (Å²) < 4.78 is 5.23. The molecule has 1 heterocycles. The van der Waals surface area contributed by atoms with Crippen molar-refractivity contribution in [3.8, 4) is 11.5 Å². The van der Waals surface area contributed by atoms with Crippen LogP contribution in [0.5, 0.6) is 0 Å². The average molecular weight is 250 g/mol. The van der Waals surface area contributed by atoms with Gasteiger partial charge in [0.2, 0.25) is 0 Å². The number of halogens is 1. The third-order valence-electron chi connectivity index (χ3n) is 3.19. The fourth-order valence-corrected chi connectivity index (χ4v) is 2.14. The smallest absolute Gasteiger partial charge is 0.258 e. The first-order valence-electron chi connectivity index (χ1n) is 5.56. The Hall–Kier alpha value is -1.39. The maximum Gasteiger partial charge on any atom is 0.258 e. The largest absolute Gasteiger partial charge is 0.334 e. The van der Waals surface area contributed by atoms with Gasteiger partial charge in [0.05, 0.1) is 5.54 Å². The second-order valence-electron chi connectivity index (χ2n) is 4.44. The third kappa shape index (κ3) is 1.83. The first-order valence-corrected chi connectivity index (χ1v) is 5.94. The zero-order valence-electron chi connectivity index (χ0n) is 9.19. The number of rotatable bonds is 2. The van der Waals surface area contributed by atoms with Crippen molar-refractivity contribution in [3.63, 3.8) is 0 Å². The Morgan fingerprint density at radius 2 is 2.18 bits per heavy atom. The van der Waals surface area contributed by atoms with Gasteiger partial charge in [-0.25, -0.2) is 0 Å². The molecule has 0 spiro atoms. The van der Waals surface area contributed by atoms with Crippen molar-refractivity contribution in [3.05, 3.63) is 35.1 Å². The summed E-state index contributed by atoms with van der Waals surface area (Å²) in [6.07, 6.45) is 2.96. The van der Waals surface area contributed by atoms with Gasteiger partial charge in [-0.2, -0.15) is 4.98 Å². The first kappa shape index (κ1) is 10.7. The summed E-state index contributed by atoms with van der Waals surface area (Å²) in [4.78, 5) is 4.35. The lowest BCUT2D eigenvalue weighted by Crippen LogP contribution is -2.44. The second kappa shape index (κ2) is 3.82. The van der Waals surface area contributed by atoms with Crippen LogP contribution in [0, 0.1) is 0 Å². The van der Waals surface area contributed by atoms with E-state index in [1.807, 2.05) is 12.1 Å². The predicted molar refractivity (Wildman–Crippen MR) is 64.5 cm³/mol. The third-order valence-corrected chi connectivity index (χ3v) is 3.42. The fraction of sp³-hybridized carbons (Fsp3) is 0.333. The molecule has 1 aliphatic rings. The van der Waals surface area contributed by atoms with Crippen LogP contribution in [0.3, 0.4) is 0 Å². The van der Waals surface area contributed by atoms with Gasteiger partial charge < -0.3 is 10.3 Å². The number of hydrogen-bond acceptors (Lipinski definition) is 4. The summed E-state index contributed by atoms with van der Waals surface area (Å²) in [5.41, 5.74) is 6.56. The minimum atomic E-state index is -0.389. The highest BCUT2D eigenvalue weighted by atomic mass is 35.5. The Labute approximate surface area is 104 Å². The van der Waals surface area contributed by atoms with Gasteiger partial charge in [0, 0.05) is 10.6 Å². The number of aromatic nitrogens is 2. The Morgan fingerprint density at radius 3 is 2.82 bits per heavy atom. The minimum Gasteiger partial charge on any atom is -0.334 e. The SMILES string of the molecule is NC1(c2noc(-c3cccc(Cl)c3)n2)CCC1. The van der Waals surface area contributed by atoms with Crippen LogP contribution >= 0.6 is 11.6 Å². The molecule has 0 atom stereocenters. The maximum atomic E-state index is 6.13. The molecular formula is C12H12ClN3O. The molecule has 2 aromatic rings. The van der Waals surface area contributed by atoms with Crippen molar-refractivity contribution in [2.24, 2.45) is 5.73 Å². The van der Waals surface area contributed by atoms with Crippen LogP contribution in [-0.2, 0) is 5.54 Å².